The fraction of sp³-hybridized carbons (Fsp3) is 0.364. The maximum absolute atomic E-state index is 11.6. The lowest BCUT2D eigenvalue weighted by Crippen LogP contribution is -2.25. The molecule has 0 aliphatic heterocycles. The van der Waals surface area contributed by atoms with Gasteiger partial charge in [-0.3, -0.25) is 9.63 Å². The van der Waals surface area contributed by atoms with E-state index in [-0.39, 0.29) is 5.91 Å². The number of nitrogen functional groups attached to an aromatic ring is 1. The number of nitrogens with one attached hydrogen (secondary N) is 1. The van der Waals surface area contributed by atoms with Crippen LogP contribution in [0.4, 0.5) is 5.69 Å². The van der Waals surface area contributed by atoms with Crippen molar-refractivity contribution in [2.24, 2.45) is 5.92 Å². The highest BCUT2D eigenvalue weighted by Gasteiger charge is 2.07. The van der Waals surface area contributed by atoms with Gasteiger partial charge in [-0.1, -0.05) is 25.4 Å². The summed E-state index contributed by atoms with van der Waals surface area (Å²) in [6.45, 7) is 4.45. The van der Waals surface area contributed by atoms with Crippen molar-refractivity contribution in [2.45, 2.75) is 13.8 Å². The molecular weight excluding hydrogens is 228 g/mol. The first-order valence-electron chi connectivity index (χ1n) is 4.98. The highest BCUT2D eigenvalue weighted by Crippen LogP contribution is 2.19. The van der Waals surface area contributed by atoms with E-state index in [0.29, 0.717) is 28.8 Å². The Morgan fingerprint density at radius 3 is 2.81 bits per heavy atom. The molecule has 0 bridgehead atoms. The van der Waals surface area contributed by atoms with Gasteiger partial charge in [0.1, 0.15) is 0 Å². The zero-order valence-electron chi connectivity index (χ0n) is 9.29. The standard InChI is InChI=1S/C11H15ClN2O2/c1-7(2)6-16-14-11(15)8-3-4-9(12)10(13)5-8/h3-5,7H,6,13H2,1-2H3,(H,14,15). The summed E-state index contributed by atoms with van der Waals surface area (Å²) in [5, 5.41) is 0.430. The van der Waals surface area contributed by atoms with E-state index in [1.54, 1.807) is 12.1 Å². The first-order chi connectivity index (χ1) is 7.50. The van der Waals surface area contributed by atoms with E-state index < -0.39 is 0 Å². The van der Waals surface area contributed by atoms with Gasteiger partial charge in [0.15, 0.2) is 0 Å². The van der Waals surface area contributed by atoms with Crippen molar-refractivity contribution >= 4 is 23.2 Å². The second-order valence-electron chi connectivity index (χ2n) is 3.87. The molecule has 4 nitrogen and oxygen atoms in total. The summed E-state index contributed by atoms with van der Waals surface area (Å²) in [6.07, 6.45) is 0. The number of rotatable bonds is 4. The number of anilines is 1. The first-order valence-corrected chi connectivity index (χ1v) is 5.35. The Bertz CT molecular complexity index is 380. The quantitative estimate of drug-likeness (QED) is 0.629. The Morgan fingerprint density at radius 1 is 1.56 bits per heavy atom. The van der Waals surface area contributed by atoms with Gasteiger partial charge in [0.2, 0.25) is 0 Å². The lowest BCUT2D eigenvalue weighted by atomic mass is 10.2. The Balaban J connectivity index is 2.56. The number of carbonyl (C=O) groups is 1. The summed E-state index contributed by atoms with van der Waals surface area (Å²) in [4.78, 5) is 16.6. The average molecular weight is 243 g/mol. The molecule has 1 rings (SSSR count). The van der Waals surface area contributed by atoms with Crippen LogP contribution in [0.5, 0.6) is 0 Å². The topological polar surface area (TPSA) is 64.3 Å². The minimum Gasteiger partial charge on any atom is -0.398 e. The second-order valence-corrected chi connectivity index (χ2v) is 4.28. The molecule has 0 saturated heterocycles. The van der Waals surface area contributed by atoms with Crippen molar-refractivity contribution in [3.8, 4) is 0 Å². The van der Waals surface area contributed by atoms with Gasteiger partial charge in [-0.25, -0.2) is 5.48 Å². The molecule has 16 heavy (non-hydrogen) atoms. The van der Waals surface area contributed by atoms with Gasteiger partial charge in [-0.05, 0) is 24.1 Å². The molecule has 1 aromatic carbocycles. The summed E-state index contributed by atoms with van der Waals surface area (Å²) >= 11 is 5.74. The lowest BCUT2D eigenvalue weighted by Gasteiger charge is -2.08. The molecule has 0 aromatic heterocycles. The average Bonchev–Trinajstić information content (AvgIpc) is 2.21. The minimum absolute atomic E-state index is 0.330. The summed E-state index contributed by atoms with van der Waals surface area (Å²) in [6, 6.07) is 4.68. The molecular formula is C11H15ClN2O2. The lowest BCUT2D eigenvalue weighted by molar-refractivity contribution is 0.0209. The Labute approximate surface area is 99.7 Å². The Morgan fingerprint density at radius 2 is 2.25 bits per heavy atom. The number of benzene rings is 1. The van der Waals surface area contributed by atoms with Crippen molar-refractivity contribution < 1.29 is 9.63 Å². The van der Waals surface area contributed by atoms with Crippen molar-refractivity contribution in [3.63, 3.8) is 0 Å². The number of amides is 1. The monoisotopic (exact) mass is 242 g/mol. The smallest absolute Gasteiger partial charge is 0.274 e. The van der Waals surface area contributed by atoms with E-state index in [9.17, 15) is 4.79 Å². The third-order valence-corrected chi connectivity index (χ3v) is 2.18. The Kier molecular flexibility index (Phi) is 4.58. The molecule has 1 aromatic rings. The molecule has 0 radical (unpaired) electrons. The van der Waals surface area contributed by atoms with Crippen LogP contribution in [0.1, 0.15) is 24.2 Å². The highest BCUT2D eigenvalue weighted by molar-refractivity contribution is 6.33. The number of nitrogens with two attached hydrogens (primary N) is 1. The van der Waals surface area contributed by atoms with Gasteiger partial charge in [-0.2, -0.15) is 0 Å². The zero-order chi connectivity index (χ0) is 12.1. The SMILES string of the molecule is CC(C)CONC(=O)c1ccc(Cl)c(N)c1. The largest absolute Gasteiger partial charge is 0.398 e. The van der Waals surface area contributed by atoms with E-state index >= 15 is 0 Å². The maximum atomic E-state index is 11.6. The van der Waals surface area contributed by atoms with Crippen LogP contribution in [0.15, 0.2) is 18.2 Å². The Hall–Kier alpha value is -1.26. The van der Waals surface area contributed by atoms with E-state index in [0.717, 1.165) is 0 Å². The van der Waals surface area contributed by atoms with Crippen LogP contribution >= 0.6 is 11.6 Å². The van der Waals surface area contributed by atoms with Crippen molar-refractivity contribution in [2.75, 3.05) is 12.3 Å². The first kappa shape index (κ1) is 12.8. The molecule has 0 saturated carbocycles. The normalized spacial score (nSPS) is 10.5. The van der Waals surface area contributed by atoms with E-state index in [1.165, 1.54) is 6.07 Å². The predicted octanol–water partition coefficient (Wildman–Crippen LogP) is 2.24. The summed E-state index contributed by atoms with van der Waals surface area (Å²) in [5.41, 5.74) is 8.72. The van der Waals surface area contributed by atoms with Crippen molar-refractivity contribution in [3.05, 3.63) is 28.8 Å². The van der Waals surface area contributed by atoms with Gasteiger partial charge < -0.3 is 5.73 Å². The fourth-order valence-electron chi connectivity index (χ4n) is 1.02. The molecule has 88 valence electrons. The second kappa shape index (κ2) is 5.72. The summed E-state index contributed by atoms with van der Waals surface area (Å²) < 4.78 is 0. The third-order valence-electron chi connectivity index (χ3n) is 1.84. The minimum atomic E-state index is -0.330. The van der Waals surface area contributed by atoms with Gasteiger partial charge in [-0.15, -0.1) is 0 Å². The molecule has 0 aliphatic rings. The number of carbonyl (C=O) groups excluding carboxylic acids is 1. The van der Waals surface area contributed by atoms with Crippen LogP contribution in [0.25, 0.3) is 0 Å². The van der Waals surface area contributed by atoms with Crippen LogP contribution < -0.4 is 11.2 Å². The molecule has 0 aliphatic carbocycles. The zero-order valence-corrected chi connectivity index (χ0v) is 10.0. The van der Waals surface area contributed by atoms with Gasteiger partial charge >= 0.3 is 0 Å². The number of hydrogen-bond donors (Lipinski definition) is 2. The van der Waals surface area contributed by atoms with E-state index in [2.05, 4.69) is 5.48 Å². The molecule has 0 spiro atoms. The summed E-state index contributed by atoms with van der Waals surface area (Å²) in [5.74, 6) is 0.0274. The van der Waals surface area contributed by atoms with Crippen LogP contribution in [0, 0.1) is 5.92 Å². The predicted molar refractivity (Wildman–Crippen MR) is 64.1 cm³/mol. The summed E-state index contributed by atoms with van der Waals surface area (Å²) in [7, 11) is 0. The van der Waals surface area contributed by atoms with Crippen LogP contribution in [0.3, 0.4) is 0 Å². The molecule has 3 N–H and O–H groups in total. The van der Waals surface area contributed by atoms with Gasteiger partial charge in [0.25, 0.3) is 5.91 Å². The van der Waals surface area contributed by atoms with Crippen LogP contribution in [-0.4, -0.2) is 12.5 Å². The van der Waals surface area contributed by atoms with Gasteiger partial charge in [0.05, 0.1) is 17.3 Å². The number of halogens is 1. The van der Waals surface area contributed by atoms with E-state index in [4.69, 9.17) is 22.2 Å². The molecule has 0 unspecified atom stereocenters. The molecule has 0 heterocycles. The van der Waals surface area contributed by atoms with E-state index in [1.807, 2.05) is 13.8 Å². The molecule has 0 atom stereocenters. The molecule has 5 heteroatoms. The van der Waals surface area contributed by atoms with Crippen molar-refractivity contribution in [1.29, 1.82) is 0 Å². The maximum Gasteiger partial charge on any atom is 0.274 e. The number of hydroxylamine groups is 1. The third kappa shape index (κ3) is 3.72. The molecule has 1 amide bonds. The van der Waals surface area contributed by atoms with Crippen LogP contribution in [-0.2, 0) is 4.84 Å². The van der Waals surface area contributed by atoms with Crippen molar-refractivity contribution in [1.82, 2.24) is 5.48 Å². The van der Waals surface area contributed by atoms with Gasteiger partial charge in [0, 0.05) is 5.56 Å². The number of hydrogen-bond acceptors (Lipinski definition) is 3. The fourth-order valence-corrected chi connectivity index (χ4v) is 1.14. The highest BCUT2D eigenvalue weighted by atomic mass is 35.5. The van der Waals surface area contributed by atoms with Crippen LogP contribution in [0.2, 0.25) is 5.02 Å². The molecule has 0 fully saturated rings.